The maximum atomic E-state index is 13.4. The first-order valence-corrected chi connectivity index (χ1v) is 7.27. The first-order valence-electron chi connectivity index (χ1n) is 6.48. The monoisotopic (exact) mass is 350 g/mol. The van der Waals surface area contributed by atoms with Gasteiger partial charge >= 0.3 is 0 Å². The van der Waals surface area contributed by atoms with E-state index in [4.69, 9.17) is 0 Å². The number of halogens is 3. The Balaban J connectivity index is 0.00000180. The van der Waals surface area contributed by atoms with Crippen molar-refractivity contribution in [3.8, 4) is 0 Å². The predicted octanol–water partition coefficient (Wildman–Crippen LogP) is 3.44. The van der Waals surface area contributed by atoms with Crippen molar-refractivity contribution in [2.24, 2.45) is 5.92 Å². The molecule has 1 aliphatic heterocycles. The minimum absolute atomic E-state index is 0. The average Bonchev–Trinajstić information content (AvgIpc) is 2.35. The van der Waals surface area contributed by atoms with Crippen LogP contribution in [0.1, 0.15) is 18.4 Å². The number of hydrogen-bond acceptors (Lipinski definition) is 2. The van der Waals surface area contributed by atoms with Gasteiger partial charge in [-0.3, -0.25) is 0 Å². The van der Waals surface area contributed by atoms with Gasteiger partial charge in [0, 0.05) is 13.1 Å². The zero-order valence-electron chi connectivity index (χ0n) is 11.2. The lowest BCUT2D eigenvalue weighted by atomic mass is 9.99. The van der Waals surface area contributed by atoms with Crippen LogP contribution >= 0.6 is 28.3 Å². The van der Waals surface area contributed by atoms with E-state index in [1.54, 1.807) is 12.1 Å². The van der Waals surface area contributed by atoms with Crippen molar-refractivity contribution in [3.63, 3.8) is 0 Å². The molecule has 1 aliphatic rings. The first-order chi connectivity index (χ1) is 8.65. The summed E-state index contributed by atoms with van der Waals surface area (Å²) in [6.45, 7) is 4.14. The maximum Gasteiger partial charge on any atom is 0.137 e. The van der Waals surface area contributed by atoms with Crippen molar-refractivity contribution in [2.45, 2.75) is 19.4 Å². The SMILES string of the molecule is CN(Cc1ccc(Br)c(F)c1)CC1CCCNC1.Cl. The molecule has 1 N–H and O–H groups in total. The van der Waals surface area contributed by atoms with Crippen LogP contribution in [0.15, 0.2) is 22.7 Å². The lowest BCUT2D eigenvalue weighted by molar-refractivity contribution is 0.237. The lowest BCUT2D eigenvalue weighted by Gasteiger charge is -2.27. The standard InChI is InChI=1S/C14H20BrFN2.ClH/c1-18(10-12-3-2-6-17-8-12)9-11-4-5-13(15)14(16)7-11;/h4-5,7,12,17H,2-3,6,8-10H2,1H3;1H. The first kappa shape index (κ1) is 16.9. The molecule has 1 saturated heterocycles. The van der Waals surface area contributed by atoms with Gasteiger partial charge in [-0.05, 0) is 72.5 Å². The highest BCUT2D eigenvalue weighted by Gasteiger charge is 2.15. The van der Waals surface area contributed by atoms with E-state index < -0.39 is 0 Å². The Morgan fingerprint density at radius 2 is 2.26 bits per heavy atom. The molecule has 1 atom stereocenters. The molecule has 2 nitrogen and oxygen atoms in total. The molecule has 1 unspecified atom stereocenters. The normalized spacial score (nSPS) is 19.3. The van der Waals surface area contributed by atoms with E-state index in [1.807, 2.05) is 6.07 Å². The van der Waals surface area contributed by atoms with E-state index >= 15 is 0 Å². The van der Waals surface area contributed by atoms with E-state index in [9.17, 15) is 4.39 Å². The van der Waals surface area contributed by atoms with E-state index in [1.165, 1.54) is 12.8 Å². The fourth-order valence-electron chi connectivity index (χ4n) is 2.53. The van der Waals surface area contributed by atoms with Crippen LogP contribution in [0.25, 0.3) is 0 Å². The summed E-state index contributed by atoms with van der Waals surface area (Å²) >= 11 is 3.18. The molecule has 1 aromatic rings. The van der Waals surface area contributed by atoms with Gasteiger partial charge in [0.1, 0.15) is 5.82 Å². The van der Waals surface area contributed by atoms with Gasteiger partial charge in [0.25, 0.3) is 0 Å². The average molecular weight is 352 g/mol. The minimum Gasteiger partial charge on any atom is -0.316 e. The summed E-state index contributed by atoms with van der Waals surface area (Å²) in [5.41, 5.74) is 1.03. The number of benzene rings is 1. The van der Waals surface area contributed by atoms with Crippen LogP contribution in [-0.4, -0.2) is 31.6 Å². The molecular formula is C14H21BrClFN2. The third kappa shape index (κ3) is 5.38. The zero-order valence-corrected chi connectivity index (χ0v) is 13.6. The van der Waals surface area contributed by atoms with Crippen molar-refractivity contribution in [1.29, 1.82) is 0 Å². The van der Waals surface area contributed by atoms with Gasteiger partial charge in [0.15, 0.2) is 0 Å². The fourth-order valence-corrected chi connectivity index (χ4v) is 2.78. The van der Waals surface area contributed by atoms with Crippen LogP contribution in [0.4, 0.5) is 4.39 Å². The van der Waals surface area contributed by atoms with Crippen LogP contribution < -0.4 is 5.32 Å². The molecular weight excluding hydrogens is 331 g/mol. The highest BCUT2D eigenvalue weighted by atomic mass is 79.9. The van der Waals surface area contributed by atoms with E-state index in [0.717, 1.165) is 37.7 Å². The quantitative estimate of drug-likeness (QED) is 0.894. The van der Waals surface area contributed by atoms with Gasteiger partial charge in [-0.2, -0.15) is 0 Å². The van der Waals surface area contributed by atoms with Crippen LogP contribution in [-0.2, 0) is 6.54 Å². The van der Waals surface area contributed by atoms with Gasteiger partial charge in [0.05, 0.1) is 4.47 Å². The summed E-state index contributed by atoms with van der Waals surface area (Å²) in [7, 11) is 2.11. The number of rotatable bonds is 4. The highest BCUT2D eigenvalue weighted by Crippen LogP contribution is 2.18. The van der Waals surface area contributed by atoms with Crippen LogP contribution in [0.5, 0.6) is 0 Å². The second kappa shape index (κ2) is 8.20. The molecule has 108 valence electrons. The van der Waals surface area contributed by atoms with Crippen molar-refractivity contribution >= 4 is 28.3 Å². The van der Waals surface area contributed by atoms with Crippen molar-refractivity contribution in [2.75, 3.05) is 26.7 Å². The van der Waals surface area contributed by atoms with Gasteiger partial charge in [0.2, 0.25) is 0 Å². The fraction of sp³-hybridized carbons (Fsp3) is 0.571. The summed E-state index contributed by atoms with van der Waals surface area (Å²) in [4.78, 5) is 2.28. The number of nitrogens with zero attached hydrogens (tertiary/aromatic N) is 1. The third-order valence-corrected chi connectivity index (χ3v) is 4.05. The highest BCUT2D eigenvalue weighted by molar-refractivity contribution is 9.10. The molecule has 0 amide bonds. The van der Waals surface area contributed by atoms with Crippen LogP contribution in [0.3, 0.4) is 0 Å². The Bertz CT molecular complexity index is 397. The van der Waals surface area contributed by atoms with Crippen LogP contribution in [0, 0.1) is 11.7 Å². The Kier molecular flexibility index (Phi) is 7.29. The van der Waals surface area contributed by atoms with E-state index in [0.29, 0.717) is 4.47 Å². The Hall–Kier alpha value is -0.160. The van der Waals surface area contributed by atoms with E-state index in [2.05, 4.69) is 33.2 Å². The van der Waals surface area contributed by atoms with Crippen molar-refractivity contribution < 1.29 is 4.39 Å². The molecule has 0 aliphatic carbocycles. The molecule has 5 heteroatoms. The summed E-state index contributed by atoms with van der Waals surface area (Å²) in [5.74, 6) is 0.546. The number of hydrogen-bond donors (Lipinski definition) is 1. The third-order valence-electron chi connectivity index (χ3n) is 3.41. The van der Waals surface area contributed by atoms with Gasteiger partial charge < -0.3 is 10.2 Å². The van der Waals surface area contributed by atoms with E-state index in [-0.39, 0.29) is 18.2 Å². The minimum atomic E-state index is -0.180. The summed E-state index contributed by atoms with van der Waals surface area (Å²) in [6, 6.07) is 5.36. The second-order valence-corrected chi connectivity index (χ2v) is 6.01. The molecule has 19 heavy (non-hydrogen) atoms. The van der Waals surface area contributed by atoms with Gasteiger partial charge in [-0.1, -0.05) is 6.07 Å². The molecule has 1 aromatic carbocycles. The molecule has 1 heterocycles. The number of nitrogens with one attached hydrogen (secondary N) is 1. The molecule has 2 rings (SSSR count). The maximum absolute atomic E-state index is 13.4. The van der Waals surface area contributed by atoms with Crippen molar-refractivity contribution in [3.05, 3.63) is 34.1 Å². The van der Waals surface area contributed by atoms with Crippen molar-refractivity contribution in [1.82, 2.24) is 10.2 Å². The topological polar surface area (TPSA) is 15.3 Å². The summed E-state index contributed by atoms with van der Waals surface area (Å²) < 4.78 is 13.9. The Morgan fingerprint density at radius 1 is 1.47 bits per heavy atom. The summed E-state index contributed by atoms with van der Waals surface area (Å²) in [5, 5.41) is 3.43. The largest absolute Gasteiger partial charge is 0.316 e. The Morgan fingerprint density at radius 3 is 2.89 bits per heavy atom. The second-order valence-electron chi connectivity index (χ2n) is 5.16. The summed E-state index contributed by atoms with van der Waals surface area (Å²) in [6.07, 6.45) is 2.57. The molecule has 0 spiro atoms. The molecule has 0 bridgehead atoms. The van der Waals surface area contributed by atoms with Gasteiger partial charge in [-0.25, -0.2) is 4.39 Å². The number of piperidine rings is 1. The lowest BCUT2D eigenvalue weighted by Crippen LogP contribution is -2.36. The molecule has 0 saturated carbocycles. The molecule has 0 radical (unpaired) electrons. The molecule has 1 fully saturated rings. The zero-order chi connectivity index (χ0) is 13.0. The molecule has 0 aromatic heterocycles. The van der Waals surface area contributed by atoms with Gasteiger partial charge in [-0.15, -0.1) is 12.4 Å². The smallest absolute Gasteiger partial charge is 0.137 e. The van der Waals surface area contributed by atoms with Crippen LogP contribution in [0.2, 0.25) is 0 Å². The Labute approximate surface area is 129 Å². The predicted molar refractivity (Wildman–Crippen MR) is 83.3 cm³/mol.